The van der Waals surface area contributed by atoms with E-state index in [1.54, 1.807) is 0 Å². The maximum Gasteiger partial charge on any atom is 0.196 e. The second kappa shape index (κ2) is 10.7. The number of hydrogen-bond donors (Lipinski definition) is 0. The molecule has 1 saturated carbocycles. The highest BCUT2D eigenvalue weighted by molar-refractivity contribution is 5.29. The van der Waals surface area contributed by atoms with Crippen LogP contribution in [-0.4, -0.2) is 12.9 Å². The van der Waals surface area contributed by atoms with Gasteiger partial charge in [0.1, 0.15) is 5.75 Å². The van der Waals surface area contributed by atoms with Gasteiger partial charge in [0, 0.05) is 0 Å². The molecule has 0 N–H and O–H groups in total. The molecule has 0 radical (unpaired) electrons. The number of benzene rings is 2. The highest BCUT2D eigenvalue weighted by atomic mass is 16.7. The standard InChI is InChI=1S/C26H36O2/c1-4-20(2)23-14-16-26(17-15-23)28-21(3)27-19-18-22-10-12-25(13-11-22)24-8-6-5-7-9-24/h10-17,20-21,24H,4-9,18-19H2,1-3H3. The van der Waals surface area contributed by atoms with E-state index >= 15 is 0 Å². The van der Waals surface area contributed by atoms with E-state index in [1.807, 2.05) is 19.1 Å². The van der Waals surface area contributed by atoms with Gasteiger partial charge in [-0.05, 0) is 73.3 Å². The highest BCUT2D eigenvalue weighted by Gasteiger charge is 2.15. The second-order valence-electron chi connectivity index (χ2n) is 8.26. The summed E-state index contributed by atoms with van der Waals surface area (Å²) in [5, 5.41) is 0. The number of rotatable bonds is 9. The van der Waals surface area contributed by atoms with Gasteiger partial charge in [-0.15, -0.1) is 0 Å². The van der Waals surface area contributed by atoms with E-state index in [9.17, 15) is 0 Å². The lowest BCUT2D eigenvalue weighted by molar-refractivity contribution is -0.0654. The third-order valence-corrected chi connectivity index (χ3v) is 6.16. The van der Waals surface area contributed by atoms with Gasteiger partial charge < -0.3 is 9.47 Å². The van der Waals surface area contributed by atoms with Crippen LogP contribution in [0.2, 0.25) is 0 Å². The molecular weight excluding hydrogens is 344 g/mol. The molecule has 152 valence electrons. The van der Waals surface area contributed by atoms with Crippen molar-refractivity contribution in [2.45, 2.75) is 83.8 Å². The van der Waals surface area contributed by atoms with Crippen molar-refractivity contribution >= 4 is 0 Å². The average Bonchev–Trinajstić information content (AvgIpc) is 2.75. The molecule has 1 aliphatic rings. The van der Waals surface area contributed by atoms with Crippen molar-refractivity contribution < 1.29 is 9.47 Å². The molecule has 2 aromatic carbocycles. The smallest absolute Gasteiger partial charge is 0.196 e. The first-order valence-corrected chi connectivity index (χ1v) is 11.1. The van der Waals surface area contributed by atoms with Gasteiger partial charge in [0.15, 0.2) is 6.29 Å². The zero-order valence-corrected chi connectivity index (χ0v) is 17.8. The van der Waals surface area contributed by atoms with Crippen LogP contribution in [0.4, 0.5) is 0 Å². The molecule has 0 bridgehead atoms. The highest BCUT2D eigenvalue weighted by Crippen LogP contribution is 2.32. The molecule has 2 atom stereocenters. The predicted molar refractivity (Wildman–Crippen MR) is 117 cm³/mol. The van der Waals surface area contributed by atoms with Gasteiger partial charge in [-0.3, -0.25) is 0 Å². The fourth-order valence-electron chi connectivity index (χ4n) is 4.07. The van der Waals surface area contributed by atoms with Crippen molar-refractivity contribution in [3.8, 4) is 5.75 Å². The van der Waals surface area contributed by atoms with E-state index in [-0.39, 0.29) is 6.29 Å². The minimum Gasteiger partial charge on any atom is -0.465 e. The third-order valence-electron chi connectivity index (χ3n) is 6.16. The van der Waals surface area contributed by atoms with E-state index in [0.717, 1.165) is 24.5 Å². The van der Waals surface area contributed by atoms with Crippen LogP contribution in [0.1, 0.15) is 87.8 Å². The Labute approximate surface area is 171 Å². The number of ether oxygens (including phenoxy) is 2. The normalized spacial score (nSPS) is 17.2. The van der Waals surface area contributed by atoms with Crippen LogP contribution in [0.25, 0.3) is 0 Å². The lowest BCUT2D eigenvalue weighted by atomic mass is 9.84. The molecule has 0 saturated heterocycles. The van der Waals surface area contributed by atoms with E-state index in [2.05, 4.69) is 50.2 Å². The molecule has 1 fully saturated rings. The summed E-state index contributed by atoms with van der Waals surface area (Å²) in [4.78, 5) is 0. The molecule has 0 aromatic heterocycles. The monoisotopic (exact) mass is 380 g/mol. The minimum atomic E-state index is -0.240. The predicted octanol–water partition coefficient (Wildman–Crippen LogP) is 7.23. The molecule has 1 aliphatic carbocycles. The van der Waals surface area contributed by atoms with Crippen LogP contribution < -0.4 is 4.74 Å². The summed E-state index contributed by atoms with van der Waals surface area (Å²) in [6.45, 7) is 7.11. The van der Waals surface area contributed by atoms with Crippen LogP contribution in [0.5, 0.6) is 5.75 Å². The molecule has 2 heteroatoms. The Morgan fingerprint density at radius 2 is 1.57 bits per heavy atom. The Hall–Kier alpha value is -1.80. The van der Waals surface area contributed by atoms with Gasteiger partial charge >= 0.3 is 0 Å². The van der Waals surface area contributed by atoms with Crippen molar-refractivity contribution in [2.24, 2.45) is 0 Å². The average molecular weight is 381 g/mol. The molecule has 0 heterocycles. The van der Waals surface area contributed by atoms with Crippen LogP contribution in [-0.2, 0) is 11.2 Å². The van der Waals surface area contributed by atoms with Crippen LogP contribution >= 0.6 is 0 Å². The molecule has 2 aromatic rings. The fraction of sp³-hybridized carbons (Fsp3) is 0.538. The maximum absolute atomic E-state index is 5.90. The van der Waals surface area contributed by atoms with E-state index in [0.29, 0.717) is 12.5 Å². The maximum atomic E-state index is 5.90. The zero-order valence-electron chi connectivity index (χ0n) is 17.8. The Morgan fingerprint density at radius 3 is 2.21 bits per heavy atom. The summed E-state index contributed by atoms with van der Waals surface area (Å²) < 4.78 is 11.8. The summed E-state index contributed by atoms with van der Waals surface area (Å²) in [5.41, 5.74) is 4.21. The first-order chi connectivity index (χ1) is 13.7. The van der Waals surface area contributed by atoms with Gasteiger partial charge in [0.25, 0.3) is 0 Å². The van der Waals surface area contributed by atoms with Crippen LogP contribution in [0.3, 0.4) is 0 Å². The Kier molecular flexibility index (Phi) is 7.97. The van der Waals surface area contributed by atoms with Crippen molar-refractivity contribution in [3.05, 3.63) is 65.2 Å². The Morgan fingerprint density at radius 1 is 0.893 bits per heavy atom. The molecule has 0 spiro atoms. The van der Waals surface area contributed by atoms with Gasteiger partial charge in [0.2, 0.25) is 0 Å². The van der Waals surface area contributed by atoms with Crippen molar-refractivity contribution in [1.82, 2.24) is 0 Å². The van der Waals surface area contributed by atoms with Crippen molar-refractivity contribution in [1.29, 1.82) is 0 Å². The summed E-state index contributed by atoms with van der Waals surface area (Å²) in [5.74, 6) is 2.24. The van der Waals surface area contributed by atoms with E-state index in [4.69, 9.17) is 9.47 Å². The summed E-state index contributed by atoms with van der Waals surface area (Å²) >= 11 is 0. The summed E-state index contributed by atoms with van der Waals surface area (Å²) in [6.07, 6.45) is 8.74. The van der Waals surface area contributed by atoms with Crippen LogP contribution in [0.15, 0.2) is 48.5 Å². The van der Waals surface area contributed by atoms with Crippen molar-refractivity contribution in [3.63, 3.8) is 0 Å². The molecular formula is C26H36O2. The summed E-state index contributed by atoms with van der Waals surface area (Å²) in [6, 6.07) is 17.6. The lowest BCUT2D eigenvalue weighted by Gasteiger charge is -2.22. The number of hydrogen-bond acceptors (Lipinski definition) is 2. The molecule has 28 heavy (non-hydrogen) atoms. The molecule has 2 nitrogen and oxygen atoms in total. The Balaban J connectivity index is 1.40. The van der Waals surface area contributed by atoms with Crippen molar-refractivity contribution in [2.75, 3.05) is 6.61 Å². The van der Waals surface area contributed by atoms with E-state index < -0.39 is 0 Å². The first-order valence-electron chi connectivity index (χ1n) is 11.1. The minimum absolute atomic E-state index is 0.240. The van der Waals surface area contributed by atoms with Gasteiger partial charge in [-0.2, -0.15) is 0 Å². The third kappa shape index (κ3) is 6.10. The largest absolute Gasteiger partial charge is 0.465 e. The SMILES string of the molecule is CCC(C)c1ccc(OC(C)OCCc2ccc(C3CCCCC3)cc2)cc1. The lowest BCUT2D eigenvalue weighted by Crippen LogP contribution is -2.17. The molecule has 3 rings (SSSR count). The second-order valence-corrected chi connectivity index (χ2v) is 8.26. The molecule has 0 aliphatic heterocycles. The Bertz CT molecular complexity index is 683. The van der Waals surface area contributed by atoms with Gasteiger partial charge in [0.05, 0.1) is 6.61 Å². The summed E-state index contributed by atoms with van der Waals surface area (Å²) in [7, 11) is 0. The quantitative estimate of drug-likeness (QED) is 0.427. The molecule has 0 amide bonds. The zero-order chi connectivity index (χ0) is 19.8. The van der Waals surface area contributed by atoms with E-state index in [1.165, 1.54) is 48.8 Å². The van der Waals surface area contributed by atoms with Gasteiger partial charge in [-0.25, -0.2) is 0 Å². The first kappa shape index (κ1) is 20.9. The molecule has 2 unspecified atom stereocenters. The van der Waals surface area contributed by atoms with Crippen LogP contribution in [0, 0.1) is 0 Å². The van der Waals surface area contributed by atoms with Gasteiger partial charge in [-0.1, -0.05) is 69.5 Å². The fourth-order valence-corrected chi connectivity index (χ4v) is 4.07. The topological polar surface area (TPSA) is 18.5 Å².